The zero-order valence-corrected chi connectivity index (χ0v) is 25.9. The summed E-state index contributed by atoms with van der Waals surface area (Å²) in [5.41, 5.74) is 1.21. The van der Waals surface area contributed by atoms with Gasteiger partial charge in [-0.05, 0) is 48.6 Å². The molecule has 1 aromatic heterocycles. The molecule has 12 atom stereocenters. The molecule has 0 radical (unpaired) electrons. The average Bonchev–Trinajstić information content (AvgIpc) is 3.69. The molecule has 44 heavy (non-hydrogen) atoms. The van der Waals surface area contributed by atoms with E-state index in [-0.39, 0.29) is 37.2 Å². The minimum atomic E-state index is -1.09. The predicted octanol–water partition coefficient (Wildman–Crippen LogP) is 4.78. The molecule has 236 valence electrons. The van der Waals surface area contributed by atoms with Gasteiger partial charge in [-0.2, -0.15) is 0 Å². The summed E-state index contributed by atoms with van der Waals surface area (Å²) in [6.07, 6.45) is 0.148. The largest absolute Gasteiger partial charge is 0.472 e. The SMILES string of the molecule is CC(=O)O[C@@H]1C[C@H](O)[C@@]2(C)C3C(OC[C@@]31C)[C@@H](OC(=O)c1ccccc1)[C@@]1(C)C3=C(C)[C@H](c4ccoc4)C[C@@H]3O[C@@H](O)C[C@@H]12. The van der Waals surface area contributed by atoms with Crippen molar-refractivity contribution in [3.63, 3.8) is 0 Å². The molecule has 2 saturated carbocycles. The zero-order chi connectivity index (χ0) is 31.2. The minimum Gasteiger partial charge on any atom is -0.472 e. The Bertz CT molecular complexity index is 1470. The monoisotopic (exact) mass is 606 g/mol. The van der Waals surface area contributed by atoms with Crippen LogP contribution in [0.2, 0.25) is 0 Å². The van der Waals surface area contributed by atoms with Gasteiger partial charge in [0.25, 0.3) is 0 Å². The van der Waals surface area contributed by atoms with Gasteiger partial charge < -0.3 is 33.6 Å². The fourth-order valence-corrected chi connectivity index (χ4v) is 10.3. The van der Waals surface area contributed by atoms with Crippen molar-refractivity contribution in [3.05, 3.63) is 71.2 Å². The highest BCUT2D eigenvalue weighted by atomic mass is 16.6. The summed E-state index contributed by atoms with van der Waals surface area (Å²) in [5.74, 6) is -1.60. The van der Waals surface area contributed by atoms with Gasteiger partial charge in [-0.3, -0.25) is 4.79 Å². The Labute approximate surface area is 257 Å². The molecule has 2 saturated heterocycles. The molecule has 7 rings (SSSR count). The number of carbonyl (C=O) groups is 2. The summed E-state index contributed by atoms with van der Waals surface area (Å²) in [7, 11) is 0. The highest BCUT2D eigenvalue weighted by molar-refractivity contribution is 5.89. The molecule has 3 aliphatic carbocycles. The molecular formula is C35H42O9. The zero-order valence-electron chi connectivity index (χ0n) is 25.9. The lowest BCUT2D eigenvalue weighted by Gasteiger charge is -2.66. The number of hydrogen-bond donors (Lipinski definition) is 2. The maximum atomic E-state index is 13.9. The third-order valence-electron chi connectivity index (χ3n) is 12.1. The van der Waals surface area contributed by atoms with Crippen molar-refractivity contribution < 1.29 is 43.2 Å². The van der Waals surface area contributed by atoms with Crippen LogP contribution in [0, 0.1) is 28.1 Å². The van der Waals surface area contributed by atoms with Crippen molar-refractivity contribution in [1.29, 1.82) is 0 Å². The third-order valence-corrected chi connectivity index (χ3v) is 12.1. The van der Waals surface area contributed by atoms with Crippen LogP contribution in [0.1, 0.15) is 75.7 Å². The van der Waals surface area contributed by atoms with Gasteiger partial charge in [0, 0.05) is 47.8 Å². The van der Waals surface area contributed by atoms with Crippen LogP contribution in [0.4, 0.5) is 0 Å². The van der Waals surface area contributed by atoms with Crippen LogP contribution in [0.15, 0.2) is 64.5 Å². The summed E-state index contributed by atoms with van der Waals surface area (Å²) < 4.78 is 31.0. The van der Waals surface area contributed by atoms with Crippen molar-refractivity contribution in [1.82, 2.24) is 0 Å². The molecule has 0 amide bonds. The highest BCUT2D eigenvalue weighted by Crippen LogP contribution is 2.72. The number of aliphatic hydroxyl groups is 2. The Morgan fingerprint density at radius 1 is 1.00 bits per heavy atom. The number of carbonyl (C=O) groups excluding carboxylic acids is 2. The second-order valence-corrected chi connectivity index (χ2v) is 14.3. The maximum Gasteiger partial charge on any atom is 0.338 e. The molecule has 2 aromatic rings. The van der Waals surface area contributed by atoms with Gasteiger partial charge in [0.2, 0.25) is 0 Å². The van der Waals surface area contributed by atoms with E-state index >= 15 is 0 Å². The van der Waals surface area contributed by atoms with Crippen LogP contribution in [-0.4, -0.2) is 65.6 Å². The number of furan rings is 1. The molecule has 9 nitrogen and oxygen atoms in total. The van der Waals surface area contributed by atoms with Crippen LogP contribution in [-0.2, 0) is 23.7 Å². The summed E-state index contributed by atoms with van der Waals surface area (Å²) in [6, 6.07) is 10.9. The van der Waals surface area contributed by atoms with Crippen molar-refractivity contribution >= 4 is 11.9 Å². The third kappa shape index (κ3) is 4.05. The molecule has 0 bridgehead atoms. The van der Waals surface area contributed by atoms with Crippen molar-refractivity contribution in [2.75, 3.05) is 6.61 Å². The number of ether oxygens (including phenoxy) is 4. The fourth-order valence-electron chi connectivity index (χ4n) is 10.3. The fraction of sp³-hybridized carbons (Fsp3) is 0.600. The van der Waals surface area contributed by atoms with E-state index in [0.29, 0.717) is 12.0 Å². The van der Waals surface area contributed by atoms with E-state index in [1.165, 1.54) is 6.92 Å². The summed E-state index contributed by atoms with van der Waals surface area (Å²) in [4.78, 5) is 26.1. The number of benzene rings is 1. The molecule has 4 fully saturated rings. The van der Waals surface area contributed by atoms with Gasteiger partial charge in [0.15, 0.2) is 6.29 Å². The molecule has 2 unspecified atom stereocenters. The number of esters is 2. The first kappa shape index (κ1) is 29.7. The number of fused-ring (bicyclic) bond motifs is 4. The molecule has 5 aliphatic rings. The summed E-state index contributed by atoms with van der Waals surface area (Å²) >= 11 is 0. The van der Waals surface area contributed by atoms with E-state index < -0.39 is 65.0 Å². The number of allylic oxidation sites excluding steroid dienone is 1. The van der Waals surface area contributed by atoms with E-state index in [1.807, 2.05) is 12.1 Å². The van der Waals surface area contributed by atoms with Gasteiger partial charge >= 0.3 is 11.9 Å². The van der Waals surface area contributed by atoms with Crippen molar-refractivity contribution in [2.45, 2.75) is 96.6 Å². The average molecular weight is 607 g/mol. The van der Waals surface area contributed by atoms with Crippen LogP contribution >= 0.6 is 0 Å². The first-order valence-corrected chi connectivity index (χ1v) is 15.7. The van der Waals surface area contributed by atoms with Gasteiger partial charge in [-0.25, -0.2) is 4.79 Å². The molecule has 1 aromatic carbocycles. The van der Waals surface area contributed by atoms with E-state index in [0.717, 1.165) is 16.7 Å². The molecule has 0 spiro atoms. The van der Waals surface area contributed by atoms with Crippen molar-refractivity contribution in [3.8, 4) is 0 Å². The van der Waals surface area contributed by atoms with Crippen LogP contribution in [0.25, 0.3) is 0 Å². The van der Waals surface area contributed by atoms with Gasteiger partial charge in [0.05, 0.1) is 43.0 Å². The maximum absolute atomic E-state index is 13.9. The minimum absolute atomic E-state index is 0.00748. The van der Waals surface area contributed by atoms with Gasteiger partial charge in [0.1, 0.15) is 12.2 Å². The molecule has 2 N–H and O–H groups in total. The van der Waals surface area contributed by atoms with Crippen LogP contribution in [0.3, 0.4) is 0 Å². The smallest absolute Gasteiger partial charge is 0.338 e. The lowest BCUT2D eigenvalue weighted by atomic mass is 9.39. The second kappa shape index (κ2) is 10.3. The van der Waals surface area contributed by atoms with Crippen LogP contribution in [0.5, 0.6) is 0 Å². The standard InChI is InChI=1S/C35H42O9/c1-18-22(21-11-12-40-16-21)13-23-28(18)35(5)24(14-27(38)43-23)34(4)25(37)15-26(42-19(2)36)33(3)17-41-29(30(33)34)31(35)44-32(39)20-9-7-6-8-10-20/h6-12,16,22-27,29-31,37-38H,13-15,17H2,1-5H3/t22-,23+,24-,25+,26-,27-,29?,30?,31-,33-,34+,35-/m1/s1. The number of aliphatic hydroxyl groups excluding tert-OH is 2. The van der Waals surface area contributed by atoms with E-state index in [9.17, 15) is 19.8 Å². The normalized spacial score (nSPS) is 44.3. The quantitative estimate of drug-likeness (QED) is 0.374. The Kier molecular flexibility index (Phi) is 6.94. The molecule has 2 aliphatic heterocycles. The lowest BCUT2D eigenvalue weighted by Crippen LogP contribution is -2.72. The number of rotatable bonds is 4. The topological polar surface area (TPSA) is 125 Å². The summed E-state index contributed by atoms with van der Waals surface area (Å²) in [6.45, 7) is 9.99. The Balaban J connectivity index is 1.43. The Morgan fingerprint density at radius 2 is 1.75 bits per heavy atom. The van der Waals surface area contributed by atoms with Crippen LogP contribution < -0.4 is 0 Å². The lowest BCUT2D eigenvalue weighted by molar-refractivity contribution is -0.254. The highest BCUT2D eigenvalue weighted by Gasteiger charge is 2.77. The van der Waals surface area contributed by atoms with E-state index in [2.05, 4.69) is 27.7 Å². The molecule has 3 heterocycles. The Morgan fingerprint density at radius 3 is 2.43 bits per heavy atom. The van der Waals surface area contributed by atoms with Gasteiger partial charge in [-0.1, -0.05) is 44.5 Å². The second-order valence-electron chi connectivity index (χ2n) is 14.3. The first-order chi connectivity index (χ1) is 20.9. The van der Waals surface area contributed by atoms with Gasteiger partial charge in [-0.15, -0.1) is 0 Å². The molecular weight excluding hydrogens is 564 g/mol. The Hall–Kier alpha value is -2.98. The van der Waals surface area contributed by atoms with E-state index in [1.54, 1.807) is 36.8 Å². The molecule has 9 heteroatoms. The number of hydrogen-bond acceptors (Lipinski definition) is 9. The summed E-state index contributed by atoms with van der Waals surface area (Å²) in [5, 5.41) is 23.6. The van der Waals surface area contributed by atoms with Crippen molar-refractivity contribution in [2.24, 2.45) is 28.1 Å². The first-order valence-electron chi connectivity index (χ1n) is 15.7. The predicted molar refractivity (Wildman–Crippen MR) is 157 cm³/mol. The van der Waals surface area contributed by atoms with E-state index in [4.69, 9.17) is 23.4 Å².